The highest BCUT2D eigenvalue weighted by atomic mass is 16.5. The van der Waals surface area contributed by atoms with E-state index in [-0.39, 0.29) is 0 Å². The summed E-state index contributed by atoms with van der Waals surface area (Å²) in [5.74, 6) is 1.82. The molecule has 0 fully saturated rings. The molecule has 0 aromatic heterocycles. The fourth-order valence-corrected chi connectivity index (χ4v) is 3.45. The van der Waals surface area contributed by atoms with E-state index in [1.807, 2.05) is 36.4 Å². The molecule has 1 aliphatic rings. The Morgan fingerprint density at radius 2 is 1.58 bits per heavy atom. The van der Waals surface area contributed by atoms with Crippen LogP contribution >= 0.6 is 0 Å². The summed E-state index contributed by atoms with van der Waals surface area (Å²) in [6.45, 7) is 0.591. The third-order valence-electron chi connectivity index (χ3n) is 4.82. The fourth-order valence-electron chi connectivity index (χ4n) is 3.45. The van der Waals surface area contributed by atoms with Gasteiger partial charge in [0.15, 0.2) is 0 Å². The molecule has 1 N–H and O–H groups in total. The van der Waals surface area contributed by atoms with E-state index < -0.39 is 0 Å². The first-order valence-electron chi connectivity index (χ1n) is 8.99. The molecule has 0 aliphatic heterocycles. The van der Waals surface area contributed by atoms with Crippen molar-refractivity contribution in [3.63, 3.8) is 0 Å². The monoisotopic (exact) mass is 345 g/mol. The van der Waals surface area contributed by atoms with Crippen LogP contribution in [0.4, 0.5) is 5.69 Å². The minimum Gasteiger partial charge on any atom is -0.497 e. The van der Waals surface area contributed by atoms with Crippen LogP contribution in [0.15, 0.2) is 72.8 Å². The summed E-state index contributed by atoms with van der Waals surface area (Å²) in [5.41, 5.74) is 5.09. The minimum atomic E-state index is 0.424. The smallest absolute Gasteiger partial charge is 0.119 e. The lowest BCUT2D eigenvalue weighted by molar-refractivity contribution is 0.306. The van der Waals surface area contributed by atoms with Gasteiger partial charge in [-0.05, 0) is 65.9 Å². The Labute approximate surface area is 154 Å². The molecule has 3 aromatic rings. The van der Waals surface area contributed by atoms with Crippen LogP contribution in [0.1, 0.15) is 16.7 Å². The van der Waals surface area contributed by atoms with E-state index in [1.165, 1.54) is 16.7 Å². The molecule has 3 heteroatoms. The van der Waals surface area contributed by atoms with Gasteiger partial charge in [-0.3, -0.25) is 0 Å². The van der Waals surface area contributed by atoms with Crippen molar-refractivity contribution < 1.29 is 9.47 Å². The van der Waals surface area contributed by atoms with Gasteiger partial charge < -0.3 is 14.8 Å². The summed E-state index contributed by atoms with van der Waals surface area (Å²) in [7, 11) is 1.72. The highest BCUT2D eigenvalue weighted by molar-refractivity contribution is 5.50. The summed E-state index contributed by atoms with van der Waals surface area (Å²) in [4.78, 5) is 0. The van der Waals surface area contributed by atoms with Gasteiger partial charge in [0.2, 0.25) is 0 Å². The molecule has 0 heterocycles. The molecule has 0 radical (unpaired) electrons. The Kier molecular flexibility index (Phi) is 4.78. The van der Waals surface area contributed by atoms with Gasteiger partial charge in [0.25, 0.3) is 0 Å². The van der Waals surface area contributed by atoms with Gasteiger partial charge in [-0.15, -0.1) is 0 Å². The van der Waals surface area contributed by atoms with E-state index in [0.717, 1.165) is 30.0 Å². The van der Waals surface area contributed by atoms with Crippen molar-refractivity contribution in [1.29, 1.82) is 0 Å². The van der Waals surface area contributed by atoms with Crippen molar-refractivity contribution in [2.24, 2.45) is 0 Å². The van der Waals surface area contributed by atoms with Gasteiger partial charge in [0.1, 0.15) is 18.1 Å². The van der Waals surface area contributed by atoms with Crippen LogP contribution < -0.4 is 14.8 Å². The summed E-state index contributed by atoms with van der Waals surface area (Å²) >= 11 is 0. The van der Waals surface area contributed by atoms with Crippen LogP contribution in [0, 0.1) is 0 Å². The molecule has 132 valence electrons. The molecule has 1 unspecified atom stereocenters. The van der Waals surface area contributed by atoms with E-state index in [4.69, 9.17) is 9.47 Å². The summed E-state index contributed by atoms with van der Waals surface area (Å²) in [6, 6.07) is 25.2. The van der Waals surface area contributed by atoms with Gasteiger partial charge in [-0.1, -0.05) is 36.4 Å². The minimum absolute atomic E-state index is 0.424. The molecule has 0 spiro atoms. The van der Waals surface area contributed by atoms with Gasteiger partial charge in [0.05, 0.1) is 7.11 Å². The zero-order valence-corrected chi connectivity index (χ0v) is 14.9. The van der Waals surface area contributed by atoms with Crippen molar-refractivity contribution in [2.75, 3.05) is 12.4 Å². The number of hydrogen-bond acceptors (Lipinski definition) is 3. The first-order valence-corrected chi connectivity index (χ1v) is 8.99. The standard InChI is InChI=1S/C23H23NO2/c1-25-23-10-7-18-13-21(14-19(18)15-23)24-20-8-11-22(12-9-20)26-16-17-5-3-2-4-6-17/h2-12,15,21,24H,13-14,16H2,1H3. The van der Waals surface area contributed by atoms with Crippen LogP contribution in [-0.2, 0) is 19.4 Å². The first kappa shape index (κ1) is 16.5. The van der Waals surface area contributed by atoms with Crippen LogP contribution in [-0.4, -0.2) is 13.2 Å². The lowest BCUT2D eigenvalue weighted by Crippen LogP contribution is -2.19. The van der Waals surface area contributed by atoms with E-state index in [9.17, 15) is 0 Å². The molecule has 1 atom stereocenters. The van der Waals surface area contributed by atoms with E-state index >= 15 is 0 Å². The summed E-state index contributed by atoms with van der Waals surface area (Å²) in [5, 5.41) is 3.63. The number of hydrogen-bond donors (Lipinski definition) is 1. The topological polar surface area (TPSA) is 30.5 Å². The van der Waals surface area contributed by atoms with Crippen LogP contribution in [0.3, 0.4) is 0 Å². The third kappa shape index (κ3) is 3.83. The Hall–Kier alpha value is -2.94. The van der Waals surface area contributed by atoms with Gasteiger partial charge >= 0.3 is 0 Å². The van der Waals surface area contributed by atoms with Crippen LogP contribution in [0.2, 0.25) is 0 Å². The van der Waals surface area contributed by atoms with Gasteiger partial charge in [-0.25, -0.2) is 0 Å². The maximum Gasteiger partial charge on any atom is 0.119 e. The second-order valence-electron chi connectivity index (χ2n) is 6.68. The van der Waals surface area contributed by atoms with E-state index in [1.54, 1.807) is 7.11 Å². The number of nitrogens with one attached hydrogen (secondary N) is 1. The number of anilines is 1. The molecular formula is C23H23NO2. The quantitative estimate of drug-likeness (QED) is 0.692. The second-order valence-corrected chi connectivity index (χ2v) is 6.68. The predicted octanol–water partition coefficient (Wildman–Crippen LogP) is 4.85. The van der Waals surface area contributed by atoms with Crippen molar-refractivity contribution in [2.45, 2.75) is 25.5 Å². The van der Waals surface area contributed by atoms with Crippen molar-refractivity contribution in [3.8, 4) is 11.5 Å². The number of ether oxygens (including phenoxy) is 2. The molecule has 0 amide bonds. The number of rotatable bonds is 6. The zero-order valence-electron chi connectivity index (χ0n) is 14.9. The number of methoxy groups -OCH3 is 1. The average molecular weight is 345 g/mol. The zero-order chi connectivity index (χ0) is 17.8. The Balaban J connectivity index is 1.33. The van der Waals surface area contributed by atoms with Crippen molar-refractivity contribution >= 4 is 5.69 Å². The molecule has 26 heavy (non-hydrogen) atoms. The molecule has 1 aliphatic carbocycles. The normalized spacial score (nSPS) is 15.3. The number of fused-ring (bicyclic) bond motifs is 1. The summed E-state index contributed by atoms with van der Waals surface area (Å²) in [6.07, 6.45) is 2.07. The maximum atomic E-state index is 5.85. The second kappa shape index (κ2) is 7.52. The van der Waals surface area contributed by atoms with Crippen molar-refractivity contribution in [3.05, 3.63) is 89.5 Å². The maximum absolute atomic E-state index is 5.85. The van der Waals surface area contributed by atoms with Gasteiger partial charge in [-0.2, -0.15) is 0 Å². The number of benzene rings is 3. The lowest BCUT2D eigenvalue weighted by atomic mass is 10.1. The highest BCUT2D eigenvalue weighted by Crippen LogP contribution is 2.28. The van der Waals surface area contributed by atoms with Gasteiger partial charge in [0, 0.05) is 11.7 Å². The molecule has 4 rings (SSSR count). The van der Waals surface area contributed by atoms with Crippen molar-refractivity contribution in [1.82, 2.24) is 0 Å². The third-order valence-corrected chi connectivity index (χ3v) is 4.82. The van der Waals surface area contributed by atoms with E-state index in [2.05, 4.69) is 41.7 Å². The molecule has 0 bridgehead atoms. The predicted molar refractivity (Wildman–Crippen MR) is 105 cm³/mol. The SMILES string of the molecule is COc1ccc2c(c1)CC(Nc1ccc(OCc3ccccc3)cc1)C2. The average Bonchev–Trinajstić information content (AvgIpc) is 3.09. The highest BCUT2D eigenvalue weighted by Gasteiger charge is 2.21. The van der Waals surface area contributed by atoms with Crippen LogP contribution in [0.5, 0.6) is 11.5 Å². The Morgan fingerprint density at radius 3 is 2.35 bits per heavy atom. The molecule has 0 saturated heterocycles. The molecule has 0 saturated carbocycles. The molecule has 3 aromatic carbocycles. The Bertz CT molecular complexity index is 859. The molecule has 3 nitrogen and oxygen atoms in total. The fraction of sp³-hybridized carbons (Fsp3) is 0.217. The summed E-state index contributed by atoms with van der Waals surface area (Å²) < 4.78 is 11.2. The lowest BCUT2D eigenvalue weighted by Gasteiger charge is -2.14. The largest absolute Gasteiger partial charge is 0.497 e. The molecular weight excluding hydrogens is 322 g/mol. The first-order chi connectivity index (χ1) is 12.8. The Morgan fingerprint density at radius 1 is 0.846 bits per heavy atom. The van der Waals surface area contributed by atoms with E-state index in [0.29, 0.717) is 12.6 Å². The van der Waals surface area contributed by atoms with Crippen LogP contribution in [0.25, 0.3) is 0 Å².